The number of nitrogens with zero attached hydrogens (tertiary/aromatic N) is 2. The fraction of sp³-hybridized carbons (Fsp3) is 0.130. The minimum atomic E-state index is -0.553. The summed E-state index contributed by atoms with van der Waals surface area (Å²) in [5.74, 6) is 0.332. The van der Waals surface area contributed by atoms with Crippen LogP contribution in [0.4, 0.5) is 5.82 Å². The average molecular weight is 450 g/mol. The Labute approximate surface area is 188 Å². The van der Waals surface area contributed by atoms with Crippen molar-refractivity contribution >= 4 is 34.2 Å². The summed E-state index contributed by atoms with van der Waals surface area (Å²) in [5, 5.41) is 4.29. The molecule has 0 aliphatic rings. The number of benzene rings is 1. The molecule has 0 radical (unpaired) electrons. The van der Waals surface area contributed by atoms with E-state index in [1.54, 1.807) is 24.4 Å². The molecule has 0 aliphatic heterocycles. The van der Waals surface area contributed by atoms with Crippen LogP contribution >= 0.6 is 11.6 Å². The largest absolute Gasteiger partial charge is 0.486 e. The zero-order valence-corrected chi connectivity index (χ0v) is 17.9. The van der Waals surface area contributed by atoms with Crippen LogP contribution in [0.1, 0.15) is 34.6 Å². The zero-order chi connectivity index (χ0) is 22.7. The van der Waals surface area contributed by atoms with Crippen molar-refractivity contribution < 1.29 is 9.53 Å². The monoisotopic (exact) mass is 449 g/mol. The van der Waals surface area contributed by atoms with Crippen LogP contribution < -0.4 is 21.3 Å². The summed E-state index contributed by atoms with van der Waals surface area (Å²) >= 11 is 6.41. The fourth-order valence-electron chi connectivity index (χ4n) is 3.25. The summed E-state index contributed by atoms with van der Waals surface area (Å²) < 4.78 is 5.78. The molecule has 1 aromatic carbocycles. The first-order valence-corrected chi connectivity index (χ1v) is 10.2. The highest BCUT2D eigenvalue weighted by atomic mass is 35.5. The average Bonchev–Trinajstić information content (AvgIpc) is 2.78. The van der Waals surface area contributed by atoms with Gasteiger partial charge in [-0.15, -0.1) is 0 Å². The van der Waals surface area contributed by atoms with Gasteiger partial charge in [0.1, 0.15) is 18.2 Å². The molecule has 4 aromatic rings. The normalized spacial score (nSPS) is 11.8. The smallest absolute Gasteiger partial charge is 0.253 e. The molecule has 0 saturated heterocycles. The van der Waals surface area contributed by atoms with Gasteiger partial charge in [-0.3, -0.25) is 14.6 Å². The molecule has 32 heavy (non-hydrogen) atoms. The number of rotatable bonds is 7. The molecule has 0 bridgehead atoms. The Kier molecular flexibility index (Phi) is 6.04. The standard InChI is InChI=1S/C23H20ClN5O3/c1-13(28-21-10-14(22(25)30)5-7-27-21)17-8-15-9-18(24)20(11-19(15)29-23(17)31)32-12-16-4-2-3-6-26-16/h2-11,13H,12H2,1H3,(H2,25,30)(H,27,28)(H,29,31)/t13-/m0/s1. The van der Waals surface area contributed by atoms with Crippen molar-refractivity contribution in [1.82, 2.24) is 15.0 Å². The molecule has 0 fully saturated rings. The number of H-pyrrole nitrogens is 1. The van der Waals surface area contributed by atoms with E-state index in [0.29, 0.717) is 33.2 Å². The zero-order valence-electron chi connectivity index (χ0n) is 17.1. The summed E-state index contributed by atoms with van der Waals surface area (Å²) in [6.07, 6.45) is 3.17. The van der Waals surface area contributed by atoms with Gasteiger partial charge in [0, 0.05) is 35.0 Å². The SMILES string of the molecule is C[C@H](Nc1cc(C(N)=O)ccn1)c1cc2cc(Cl)c(OCc3ccccn3)cc2[nH]c1=O. The topological polar surface area (TPSA) is 123 Å². The summed E-state index contributed by atoms with van der Waals surface area (Å²) in [6, 6.07) is 13.4. The second kappa shape index (κ2) is 9.07. The van der Waals surface area contributed by atoms with Crippen molar-refractivity contribution in [3.63, 3.8) is 0 Å². The Bertz CT molecular complexity index is 1340. The quantitative estimate of drug-likeness (QED) is 0.394. The molecule has 0 saturated carbocycles. The lowest BCUT2D eigenvalue weighted by atomic mass is 10.1. The van der Waals surface area contributed by atoms with Gasteiger partial charge in [-0.2, -0.15) is 0 Å². The third-order valence-corrected chi connectivity index (χ3v) is 5.20. The molecular formula is C23H20ClN5O3. The van der Waals surface area contributed by atoms with E-state index in [2.05, 4.69) is 20.3 Å². The molecule has 8 nitrogen and oxygen atoms in total. The van der Waals surface area contributed by atoms with Crippen molar-refractivity contribution in [2.24, 2.45) is 5.73 Å². The highest BCUT2D eigenvalue weighted by molar-refractivity contribution is 6.32. The first kappa shape index (κ1) is 21.3. The van der Waals surface area contributed by atoms with Gasteiger partial charge in [0.2, 0.25) is 5.91 Å². The van der Waals surface area contributed by atoms with Gasteiger partial charge in [-0.1, -0.05) is 17.7 Å². The van der Waals surface area contributed by atoms with E-state index < -0.39 is 11.9 Å². The van der Waals surface area contributed by atoms with Crippen LogP contribution in [0.5, 0.6) is 5.75 Å². The number of primary amides is 1. The Morgan fingerprint density at radius 2 is 2.03 bits per heavy atom. The van der Waals surface area contributed by atoms with Crippen LogP contribution in [0.25, 0.3) is 10.9 Å². The highest BCUT2D eigenvalue weighted by Crippen LogP contribution is 2.30. The lowest BCUT2D eigenvalue weighted by molar-refractivity contribution is 0.1000. The van der Waals surface area contributed by atoms with Crippen LogP contribution in [-0.4, -0.2) is 20.9 Å². The minimum Gasteiger partial charge on any atom is -0.486 e. The number of fused-ring (bicyclic) bond motifs is 1. The maximum absolute atomic E-state index is 12.7. The number of hydrogen-bond acceptors (Lipinski definition) is 6. The second-order valence-electron chi connectivity index (χ2n) is 7.19. The molecule has 162 valence electrons. The molecule has 9 heteroatoms. The number of aromatic nitrogens is 3. The molecular weight excluding hydrogens is 430 g/mol. The molecule has 0 unspecified atom stereocenters. The van der Waals surface area contributed by atoms with Gasteiger partial charge in [-0.05, 0) is 43.3 Å². The number of anilines is 1. The number of carbonyl (C=O) groups is 1. The van der Waals surface area contributed by atoms with Gasteiger partial charge in [-0.25, -0.2) is 4.98 Å². The first-order valence-electron chi connectivity index (χ1n) is 9.82. The number of ether oxygens (including phenoxy) is 1. The lowest BCUT2D eigenvalue weighted by Crippen LogP contribution is -2.20. The molecule has 0 aliphatic carbocycles. The number of nitrogens with two attached hydrogens (primary N) is 1. The van der Waals surface area contributed by atoms with E-state index in [9.17, 15) is 9.59 Å². The van der Waals surface area contributed by atoms with Crippen molar-refractivity contribution in [2.75, 3.05) is 5.32 Å². The molecule has 1 atom stereocenters. The van der Waals surface area contributed by atoms with Crippen molar-refractivity contribution in [3.8, 4) is 5.75 Å². The van der Waals surface area contributed by atoms with Gasteiger partial charge < -0.3 is 20.8 Å². The Morgan fingerprint density at radius 3 is 2.78 bits per heavy atom. The van der Waals surface area contributed by atoms with E-state index in [4.69, 9.17) is 22.1 Å². The molecule has 3 heterocycles. The molecule has 1 amide bonds. The van der Waals surface area contributed by atoms with Crippen LogP contribution in [0.15, 0.2) is 65.7 Å². The number of carbonyl (C=O) groups excluding carboxylic acids is 1. The fourth-order valence-corrected chi connectivity index (χ4v) is 3.48. The van der Waals surface area contributed by atoms with E-state index in [0.717, 1.165) is 11.1 Å². The van der Waals surface area contributed by atoms with Gasteiger partial charge in [0.15, 0.2) is 0 Å². The van der Waals surface area contributed by atoms with Crippen molar-refractivity contribution in [3.05, 3.63) is 93.1 Å². The number of halogens is 1. The maximum atomic E-state index is 12.7. The van der Waals surface area contributed by atoms with E-state index in [1.807, 2.05) is 25.1 Å². The predicted octanol–water partition coefficient (Wildman–Crippen LogP) is 3.82. The summed E-state index contributed by atoms with van der Waals surface area (Å²) in [4.78, 5) is 35.4. The van der Waals surface area contributed by atoms with Gasteiger partial charge in [0.25, 0.3) is 5.56 Å². The number of amides is 1. The van der Waals surface area contributed by atoms with Crippen molar-refractivity contribution in [2.45, 2.75) is 19.6 Å². The second-order valence-corrected chi connectivity index (χ2v) is 7.60. The van der Waals surface area contributed by atoms with Gasteiger partial charge >= 0.3 is 0 Å². The van der Waals surface area contributed by atoms with Crippen LogP contribution in [0.2, 0.25) is 5.02 Å². The first-order chi connectivity index (χ1) is 15.4. The van der Waals surface area contributed by atoms with Crippen LogP contribution in [-0.2, 0) is 6.61 Å². The summed E-state index contributed by atoms with van der Waals surface area (Å²) in [6.45, 7) is 2.08. The highest BCUT2D eigenvalue weighted by Gasteiger charge is 2.14. The van der Waals surface area contributed by atoms with E-state index >= 15 is 0 Å². The Balaban J connectivity index is 1.58. The molecule has 0 spiro atoms. The Hall–Kier alpha value is -3.91. The van der Waals surface area contributed by atoms with Crippen LogP contribution in [0, 0.1) is 0 Å². The molecule has 4 rings (SSSR count). The number of pyridine rings is 3. The summed E-state index contributed by atoms with van der Waals surface area (Å²) in [5.41, 5.74) is 7.23. The van der Waals surface area contributed by atoms with Crippen molar-refractivity contribution in [1.29, 1.82) is 0 Å². The number of hydrogen-bond donors (Lipinski definition) is 3. The molecule has 4 N–H and O–H groups in total. The maximum Gasteiger partial charge on any atom is 0.253 e. The van der Waals surface area contributed by atoms with E-state index in [1.165, 1.54) is 18.3 Å². The van der Waals surface area contributed by atoms with E-state index in [-0.39, 0.29) is 12.2 Å². The third kappa shape index (κ3) is 4.70. The minimum absolute atomic E-state index is 0.257. The third-order valence-electron chi connectivity index (χ3n) is 4.90. The van der Waals surface area contributed by atoms with Crippen LogP contribution in [0.3, 0.4) is 0 Å². The lowest BCUT2D eigenvalue weighted by Gasteiger charge is -2.16. The summed E-state index contributed by atoms with van der Waals surface area (Å²) in [7, 11) is 0. The number of aromatic amines is 1. The number of nitrogens with one attached hydrogen (secondary N) is 2. The molecule has 3 aromatic heterocycles. The van der Waals surface area contributed by atoms with Gasteiger partial charge in [0.05, 0.1) is 22.3 Å². The Morgan fingerprint density at radius 1 is 1.19 bits per heavy atom. The predicted molar refractivity (Wildman–Crippen MR) is 123 cm³/mol.